The number of hydrogen-bond acceptors (Lipinski definition) is 2. The summed E-state index contributed by atoms with van der Waals surface area (Å²) in [5, 5.41) is 0. The van der Waals surface area contributed by atoms with Crippen molar-refractivity contribution >= 4 is 0 Å². The van der Waals surface area contributed by atoms with E-state index in [2.05, 4.69) is 11.7 Å². The number of unbranched alkanes of at least 4 members (excludes halogenated alkanes) is 2. The lowest BCUT2D eigenvalue weighted by atomic mass is 9.79. The minimum absolute atomic E-state index is 0.0640. The predicted molar refractivity (Wildman–Crippen MR) is 102 cm³/mol. The molecule has 0 bridgehead atoms. The molecule has 1 aliphatic rings. The molecule has 0 atom stereocenters. The third kappa shape index (κ3) is 5.97. The molecule has 2 rings (SSSR count). The Morgan fingerprint density at radius 2 is 1.63 bits per heavy atom. The van der Waals surface area contributed by atoms with Gasteiger partial charge in [-0.3, -0.25) is 0 Å². The minimum Gasteiger partial charge on any atom is -0.491 e. The lowest BCUT2D eigenvalue weighted by Crippen LogP contribution is -2.38. The van der Waals surface area contributed by atoms with Crippen LogP contribution in [0.25, 0.3) is 0 Å². The Kier molecular flexibility index (Phi) is 8.34. The summed E-state index contributed by atoms with van der Waals surface area (Å²) in [7, 11) is 0. The molecule has 0 unspecified atom stereocenters. The highest BCUT2D eigenvalue weighted by Crippen LogP contribution is 2.47. The van der Waals surface area contributed by atoms with E-state index < -0.39 is 41.1 Å². The molecule has 0 amide bonds. The Balaban J connectivity index is 2.21. The molecule has 0 heterocycles. The van der Waals surface area contributed by atoms with Crippen molar-refractivity contribution in [2.24, 2.45) is 11.8 Å². The molecule has 0 radical (unpaired) electrons. The van der Waals surface area contributed by atoms with Crippen LogP contribution in [0.1, 0.15) is 76.3 Å². The van der Waals surface area contributed by atoms with Gasteiger partial charge >= 0.3 is 12.3 Å². The quantitative estimate of drug-likeness (QED) is 0.287. The van der Waals surface area contributed by atoms with Crippen molar-refractivity contribution in [3.63, 3.8) is 0 Å². The van der Waals surface area contributed by atoms with Crippen molar-refractivity contribution in [1.82, 2.24) is 0 Å². The van der Waals surface area contributed by atoms with Crippen molar-refractivity contribution in [1.29, 1.82) is 0 Å². The molecular weight excluding hydrogens is 410 g/mol. The van der Waals surface area contributed by atoms with E-state index in [9.17, 15) is 26.3 Å². The summed E-state index contributed by atoms with van der Waals surface area (Å²) >= 11 is 0. The maximum atomic E-state index is 14.8. The number of hydrogen-bond donors (Lipinski definition) is 0. The second-order valence-electron chi connectivity index (χ2n) is 8.02. The molecule has 1 aromatic carbocycles. The zero-order valence-electron chi connectivity index (χ0n) is 17.7. The SMILES string of the molecule is CCCCCC1CCC(C(F)(F)Oc2c(C)cc(OCC)c(F)c2C(F)(F)F)CC1. The van der Waals surface area contributed by atoms with E-state index >= 15 is 0 Å². The molecule has 1 fully saturated rings. The topological polar surface area (TPSA) is 18.5 Å². The Hall–Kier alpha value is -1.60. The van der Waals surface area contributed by atoms with E-state index in [0.29, 0.717) is 18.8 Å². The first-order chi connectivity index (χ1) is 14.0. The molecule has 0 spiro atoms. The van der Waals surface area contributed by atoms with Crippen molar-refractivity contribution in [2.45, 2.75) is 84.4 Å². The first-order valence-corrected chi connectivity index (χ1v) is 10.6. The summed E-state index contributed by atoms with van der Waals surface area (Å²) in [6.45, 7) is 4.69. The number of aryl methyl sites for hydroxylation is 1. The smallest absolute Gasteiger partial charge is 0.422 e. The highest BCUT2D eigenvalue weighted by molar-refractivity contribution is 5.49. The molecule has 1 aliphatic carbocycles. The van der Waals surface area contributed by atoms with E-state index in [-0.39, 0.29) is 25.0 Å². The largest absolute Gasteiger partial charge is 0.491 e. The highest BCUT2D eigenvalue weighted by atomic mass is 19.4. The average Bonchev–Trinajstić information content (AvgIpc) is 2.65. The molecule has 1 aromatic rings. The Morgan fingerprint density at radius 3 is 2.17 bits per heavy atom. The van der Waals surface area contributed by atoms with Crippen molar-refractivity contribution in [3.8, 4) is 11.5 Å². The van der Waals surface area contributed by atoms with Crippen LogP contribution in [0.4, 0.5) is 26.3 Å². The van der Waals surface area contributed by atoms with Crippen LogP contribution in [0.5, 0.6) is 11.5 Å². The lowest BCUT2D eigenvalue weighted by Gasteiger charge is -2.34. The zero-order valence-corrected chi connectivity index (χ0v) is 17.7. The van der Waals surface area contributed by atoms with Crippen molar-refractivity contribution in [2.75, 3.05) is 6.61 Å². The predicted octanol–water partition coefficient (Wildman–Crippen LogP) is 7.91. The van der Waals surface area contributed by atoms with Crippen LogP contribution in [-0.2, 0) is 6.18 Å². The van der Waals surface area contributed by atoms with E-state index in [4.69, 9.17) is 4.74 Å². The Morgan fingerprint density at radius 1 is 1.00 bits per heavy atom. The number of rotatable bonds is 9. The van der Waals surface area contributed by atoms with Crippen LogP contribution in [-0.4, -0.2) is 12.7 Å². The monoisotopic (exact) mass is 440 g/mol. The number of ether oxygens (including phenoxy) is 2. The van der Waals surface area contributed by atoms with E-state index in [1.165, 1.54) is 13.8 Å². The molecule has 1 saturated carbocycles. The fourth-order valence-corrected chi connectivity index (χ4v) is 4.08. The van der Waals surface area contributed by atoms with Crippen LogP contribution in [0.2, 0.25) is 0 Å². The summed E-state index contributed by atoms with van der Waals surface area (Å²) in [4.78, 5) is 0. The van der Waals surface area contributed by atoms with E-state index in [0.717, 1.165) is 31.7 Å². The second kappa shape index (κ2) is 10.1. The number of halogens is 6. The summed E-state index contributed by atoms with van der Waals surface area (Å²) in [5.74, 6) is -4.38. The molecule has 0 aromatic heterocycles. The van der Waals surface area contributed by atoms with Crippen LogP contribution in [0, 0.1) is 24.6 Å². The second-order valence-corrected chi connectivity index (χ2v) is 8.02. The highest BCUT2D eigenvalue weighted by Gasteiger charge is 2.48. The van der Waals surface area contributed by atoms with E-state index in [1.54, 1.807) is 0 Å². The van der Waals surface area contributed by atoms with Gasteiger partial charge in [-0.2, -0.15) is 22.0 Å². The molecule has 8 heteroatoms. The Bertz CT molecular complexity index is 694. The average molecular weight is 440 g/mol. The van der Waals surface area contributed by atoms with Crippen molar-refractivity contribution in [3.05, 3.63) is 23.0 Å². The van der Waals surface area contributed by atoms with Gasteiger partial charge in [0.25, 0.3) is 0 Å². The van der Waals surface area contributed by atoms with Gasteiger partial charge in [0.15, 0.2) is 11.6 Å². The first-order valence-electron chi connectivity index (χ1n) is 10.6. The molecule has 0 aliphatic heterocycles. The lowest BCUT2D eigenvalue weighted by molar-refractivity contribution is -0.227. The molecule has 172 valence electrons. The van der Waals surface area contributed by atoms with Gasteiger partial charge in [0.2, 0.25) is 0 Å². The van der Waals surface area contributed by atoms with Crippen LogP contribution >= 0.6 is 0 Å². The summed E-state index contributed by atoms with van der Waals surface area (Å²) in [6.07, 6.45) is -3.28. The number of benzene rings is 1. The molecule has 30 heavy (non-hydrogen) atoms. The number of alkyl halides is 5. The van der Waals surface area contributed by atoms with Crippen molar-refractivity contribution < 1.29 is 35.8 Å². The maximum Gasteiger partial charge on any atom is 0.422 e. The van der Waals surface area contributed by atoms with Gasteiger partial charge in [-0.1, -0.05) is 32.6 Å². The van der Waals surface area contributed by atoms with E-state index in [1.807, 2.05) is 0 Å². The van der Waals surface area contributed by atoms with Gasteiger partial charge in [-0.05, 0) is 57.1 Å². The van der Waals surface area contributed by atoms with Gasteiger partial charge in [0, 0.05) is 0 Å². The molecular formula is C22H30F6O2. The first kappa shape index (κ1) is 24.7. The normalized spacial score (nSPS) is 20.3. The summed E-state index contributed by atoms with van der Waals surface area (Å²) in [6, 6.07) is 0.962. The Labute approximate surface area is 173 Å². The third-order valence-electron chi connectivity index (χ3n) is 5.73. The minimum atomic E-state index is -5.20. The molecule has 0 N–H and O–H groups in total. The maximum absolute atomic E-state index is 14.8. The van der Waals surface area contributed by atoms with Crippen LogP contribution in [0.15, 0.2) is 6.07 Å². The summed E-state index contributed by atoms with van der Waals surface area (Å²) in [5.41, 5.74) is -2.10. The van der Waals surface area contributed by atoms with Crippen LogP contribution in [0.3, 0.4) is 0 Å². The van der Waals surface area contributed by atoms with Gasteiger partial charge in [-0.25, -0.2) is 4.39 Å². The van der Waals surface area contributed by atoms with Gasteiger partial charge < -0.3 is 9.47 Å². The summed E-state index contributed by atoms with van der Waals surface area (Å²) < 4.78 is 94.1. The zero-order chi connectivity index (χ0) is 22.5. The fraction of sp³-hybridized carbons (Fsp3) is 0.727. The van der Waals surface area contributed by atoms with Crippen LogP contribution < -0.4 is 9.47 Å². The molecule has 2 nitrogen and oxygen atoms in total. The fourth-order valence-electron chi connectivity index (χ4n) is 4.08. The molecule has 0 saturated heterocycles. The van der Waals surface area contributed by atoms with Gasteiger partial charge in [0.1, 0.15) is 11.3 Å². The van der Waals surface area contributed by atoms with Gasteiger partial charge in [0.05, 0.1) is 12.5 Å². The standard InChI is InChI=1S/C22H30F6O2/c1-4-6-7-8-15-9-11-16(12-10-15)22(27,28)30-20-14(3)13-17(29-5-2)19(23)18(20)21(24,25)26/h13,15-16H,4-12H2,1-3H3. The van der Waals surface area contributed by atoms with Gasteiger partial charge in [-0.15, -0.1) is 0 Å². The third-order valence-corrected chi connectivity index (χ3v) is 5.73.